The zero-order valence-electron chi connectivity index (χ0n) is 10.7. The van der Waals surface area contributed by atoms with E-state index in [-0.39, 0.29) is 5.60 Å². The molecule has 0 bridgehead atoms. The second-order valence-electron chi connectivity index (χ2n) is 4.89. The normalized spacial score (nSPS) is 23.7. The third-order valence-corrected chi connectivity index (χ3v) is 2.99. The molecule has 1 atom stereocenters. The molecule has 0 radical (unpaired) electrons. The van der Waals surface area contributed by atoms with Gasteiger partial charge in [-0.1, -0.05) is 0 Å². The standard InChI is InChI=1S/C12H20N4O/c1-12(6-4-8-17-12)9-14-10-5-7-13-11(15-10)16(2)3/h5,7H,4,6,8-9H2,1-3H3,(H,13,14,15). The van der Waals surface area contributed by atoms with Gasteiger partial charge in [0.1, 0.15) is 5.82 Å². The van der Waals surface area contributed by atoms with Gasteiger partial charge in [-0.3, -0.25) is 0 Å². The monoisotopic (exact) mass is 236 g/mol. The molecule has 1 aliphatic rings. The van der Waals surface area contributed by atoms with Gasteiger partial charge in [0.25, 0.3) is 0 Å². The molecule has 1 fully saturated rings. The van der Waals surface area contributed by atoms with Crippen LogP contribution in [0.25, 0.3) is 0 Å². The molecule has 0 aliphatic carbocycles. The Hall–Kier alpha value is -1.36. The third kappa shape index (κ3) is 3.06. The smallest absolute Gasteiger partial charge is 0.226 e. The Morgan fingerprint density at radius 3 is 3.00 bits per heavy atom. The molecule has 1 aliphatic heterocycles. The fourth-order valence-electron chi connectivity index (χ4n) is 1.92. The molecule has 1 unspecified atom stereocenters. The van der Waals surface area contributed by atoms with Gasteiger partial charge in [0.15, 0.2) is 0 Å². The lowest BCUT2D eigenvalue weighted by Gasteiger charge is -2.23. The van der Waals surface area contributed by atoms with Gasteiger partial charge in [0.05, 0.1) is 5.60 Å². The van der Waals surface area contributed by atoms with Crippen molar-refractivity contribution >= 4 is 11.8 Å². The largest absolute Gasteiger partial charge is 0.373 e. The van der Waals surface area contributed by atoms with E-state index in [2.05, 4.69) is 22.2 Å². The van der Waals surface area contributed by atoms with Gasteiger partial charge in [0, 0.05) is 33.4 Å². The van der Waals surface area contributed by atoms with Gasteiger partial charge in [-0.2, -0.15) is 4.98 Å². The van der Waals surface area contributed by atoms with E-state index < -0.39 is 0 Å². The first-order valence-electron chi connectivity index (χ1n) is 5.97. The summed E-state index contributed by atoms with van der Waals surface area (Å²) in [6.07, 6.45) is 4.01. The second-order valence-corrected chi connectivity index (χ2v) is 4.89. The zero-order chi connectivity index (χ0) is 12.3. The number of ether oxygens (including phenoxy) is 1. The lowest BCUT2D eigenvalue weighted by Crippen LogP contribution is -2.32. The van der Waals surface area contributed by atoms with Crippen LogP contribution in [0, 0.1) is 0 Å². The quantitative estimate of drug-likeness (QED) is 0.859. The molecule has 0 amide bonds. The van der Waals surface area contributed by atoms with E-state index in [1.165, 1.54) is 0 Å². The Balaban J connectivity index is 1.96. The van der Waals surface area contributed by atoms with E-state index in [4.69, 9.17) is 4.74 Å². The van der Waals surface area contributed by atoms with E-state index in [9.17, 15) is 0 Å². The molecule has 2 rings (SSSR count). The predicted octanol–water partition coefficient (Wildman–Crippen LogP) is 1.52. The summed E-state index contributed by atoms with van der Waals surface area (Å²) in [6.45, 7) is 3.79. The minimum absolute atomic E-state index is 0.0524. The fourth-order valence-corrected chi connectivity index (χ4v) is 1.92. The van der Waals surface area contributed by atoms with Gasteiger partial charge < -0.3 is 15.0 Å². The number of aromatic nitrogens is 2. The van der Waals surface area contributed by atoms with E-state index in [0.717, 1.165) is 31.8 Å². The van der Waals surface area contributed by atoms with Crippen molar-refractivity contribution < 1.29 is 4.74 Å². The van der Waals surface area contributed by atoms with Crippen molar-refractivity contribution in [1.82, 2.24) is 9.97 Å². The molecule has 94 valence electrons. The summed E-state index contributed by atoms with van der Waals surface area (Å²) < 4.78 is 5.72. The summed E-state index contributed by atoms with van der Waals surface area (Å²) in [4.78, 5) is 10.5. The van der Waals surface area contributed by atoms with Crippen LogP contribution < -0.4 is 10.2 Å². The first-order valence-corrected chi connectivity index (χ1v) is 5.97. The Bertz CT molecular complexity index is 375. The van der Waals surface area contributed by atoms with Gasteiger partial charge in [-0.15, -0.1) is 0 Å². The molecule has 1 N–H and O–H groups in total. The number of nitrogens with zero attached hydrogens (tertiary/aromatic N) is 3. The second kappa shape index (κ2) is 4.87. The Labute approximate surface area is 102 Å². The molecular weight excluding hydrogens is 216 g/mol. The van der Waals surface area contributed by atoms with Crippen LogP contribution in [0.4, 0.5) is 11.8 Å². The van der Waals surface area contributed by atoms with Gasteiger partial charge in [0.2, 0.25) is 5.95 Å². The lowest BCUT2D eigenvalue weighted by atomic mass is 10.0. The van der Waals surface area contributed by atoms with Crippen LogP contribution in [0.3, 0.4) is 0 Å². The minimum Gasteiger partial charge on any atom is -0.373 e. The molecule has 2 heterocycles. The van der Waals surface area contributed by atoms with E-state index in [0.29, 0.717) is 5.95 Å². The highest BCUT2D eigenvalue weighted by molar-refractivity contribution is 5.40. The molecule has 1 saturated heterocycles. The third-order valence-electron chi connectivity index (χ3n) is 2.99. The van der Waals surface area contributed by atoms with Crippen LogP contribution in [0.1, 0.15) is 19.8 Å². The molecule has 0 spiro atoms. The summed E-state index contributed by atoms with van der Waals surface area (Å²) in [7, 11) is 3.86. The minimum atomic E-state index is -0.0524. The van der Waals surface area contributed by atoms with Crippen molar-refractivity contribution in [3.8, 4) is 0 Å². The number of anilines is 2. The number of hydrogen-bond donors (Lipinski definition) is 1. The number of hydrogen-bond acceptors (Lipinski definition) is 5. The van der Waals surface area contributed by atoms with Crippen molar-refractivity contribution in [2.75, 3.05) is 37.5 Å². The molecule has 0 saturated carbocycles. The van der Waals surface area contributed by atoms with Crippen LogP contribution in [0.5, 0.6) is 0 Å². The fraction of sp³-hybridized carbons (Fsp3) is 0.667. The maximum absolute atomic E-state index is 5.72. The molecule has 0 aromatic carbocycles. The van der Waals surface area contributed by atoms with Gasteiger partial charge in [-0.25, -0.2) is 4.98 Å². The topological polar surface area (TPSA) is 50.3 Å². The van der Waals surface area contributed by atoms with E-state index in [1.54, 1.807) is 6.20 Å². The summed E-state index contributed by atoms with van der Waals surface area (Å²) in [6, 6.07) is 1.88. The van der Waals surface area contributed by atoms with Crippen molar-refractivity contribution in [2.24, 2.45) is 0 Å². The SMILES string of the molecule is CN(C)c1nccc(NCC2(C)CCCO2)n1. The van der Waals surface area contributed by atoms with Crippen molar-refractivity contribution in [3.63, 3.8) is 0 Å². The maximum atomic E-state index is 5.72. The van der Waals surface area contributed by atoms with Crippen LogP contribution >= 0.6 is 0 Å². The average molecular weight is 236 g/mol. The first-order chi connectivity index (χ1) is 8.09. The molecule has 1 aromatic heterocycles. The highest BCUT2D eigenvalue weighted by atomic mass is 16.5. The predicted molar refractivity (Wildman–Crippen MR) is 68.4 cm³/mol. The highest BCUT2D eigenvalue weighted by Crippen LogP contribution is 2.25. The highest BCUT2D eigenvalue weighted by Gasteiger charge is 2.29. The van der Waals surface area contributed by atoms with Crippen LogP contribution in [0.2, 0.25) is 0 Å². The number of nitrogens with one attached hydrogen (secondary N) is 1. The zero-order valence-corrected chi connectivity index (χ0v) is 10.7. The molecule has 17 heavy (non-hydrogen) atoms. The van der Waals surface area contributed by atoms with E-state index in [1.807, 2.05) is 25.1 Å². The Kier molecular flexibility index (Phi) is 3.47. The Morgan fingerprint density at radius 1 is 1.53 bits per heavy atom. The summed E-state index contributed by atoms with van der Waals surface area (Å²) in [5, 5.41) is 3.32. The van der Waals surface area contributed by atoms with Crippen LogP contribution in [0.15, 0.2) is 12.3 Å². The van der Waals surface area contributed by atoms with Crippen LogP contribution in [-0.2, 0) is 4.74 Å². The van der Waals surface area contributed by atoms with Crippen LogP contribution in [-0.4, -0.2) is 42.8 Å². The Morgan fingerprint density at radius 2 is 2.35 bits per heavy atom. The molecular formula is C12H20N4O. The summed E-state index contributed by atoms with van der Waals surface area (Å²) in [5.74, 6) is 1.56. The summed E-state index contributed by atoms with van der Waals surface area (Å²) in [5.41, 5.74) is -0.0524. The molecule has 5 heteroatoms. The molecule has 5 nitrogen and oxygen atoms in total. The van der Waals surface area contributed by atoms with Gasteiger partial charge in [-0.05, 0) is 25.8 Å². The van der Waals surface area contributed by atoms with Crippen molar-refractivity contribution in [1.29, 1.82) is 0 Å². The molecule has 1 aromatic rings. The average Bonchev–Trinajstić information content (AvgIpc) is 2.75. The van der Waals surface area contributed by atoms with E-state index >= 15 is 0 Å². The van der Waals surface area contributed by atoms with Crippen molar-refractivity contribution in [3.05, 3.63) is 12.3 Å². The number of rotatable bonds is 4. The van der Waals surface area contributed by atoms with Crippen molar-refractivity contribution in [2.45, 2.75) is 25.4 Å². The van der Waals surface area contributed by atoms with Gasteiger partial charge >= 0.3 is 0 Å². The summed E-state index contributed by atoms with van der Waals surface area (Å²) >= 11 is 0. The lowest BCUT2D eigenvalue weighted by molar-refractivity contribution is 0.0315. The first kappa shape index (κ1) is 12.1. The maximum Gasteiger partial charge on any atom is 0.226 e.